The first-order valence-electron chi connectivity index (χ1n) is 6.90. The van der Waals surface area contributed by atoms with Gasteiger partial charge >= 0.3 is 5.97 Å². The summed E-state index contributed by atoms with van der Waals surface area (Å²) in [6.45, 7) is 2.13. The third-order valence-electron chi connectivity index (χ3n) is 2.94. The number of nitrogens with one attached hydrogen (secondary N) is 1. The van der Waals surface area contributed by atoms with E-state index >= 15 is 0 Å². The number of amides is 1. The molecule has 21 heavy (non-hydrogen) atoms. The van der Waals surface area contributed by atoms with Crippen molar-refractivity contribution in [3.63, 3.8) is 0 Å². The lowest BCUT2D eigenvalue weighted by atomic mass is 10.0. The molecule has 0 saturated heterocycles. The van der Waals surface area contributed by atoms with Crippen molar-refractivity contribution < 1.29 is 14.7 Å². The van der Waals surface area contributed by atoms with E-state index in [-0.39, 0.29) is 12.5 Å². The highest BCUT2D eigenvalue weighted by Crippen LogP contribution is 2.20. The zero-order valence-corrected chi connectivity index (χ0v) is 13.5. The highest BCUT2D eigenvalue weighted by Gasteiger charge is 2.16. The van der Waals surface area contributed by atoms with Gasteiger partial charge in [0, 0.05) is 28.6 Å². The van der Waals surface area contributed by atoms with Gasteiger partial charge < -0.3 is 10.4 Å². The number of rotatable bonds is 9. The van der Waals surface area contributed by atoms with E-state index in [1.54, 1.807) is 11.8 Å². The number of halogens is 1. The molecule has 2 N–H and O–H groups in total. The molecular formula is C15H20ClNO3S. The largest absolute Gasteiger partial charge is 0.481 e. The third kappa shape index (κ3) is 7.39. The van der Waals surface area contributed by atoms with Gasteiger partial charge in [-0.25, -0.2) is 0 Å². The minimum absolute atomic E-state index is 0.112. The Morgan fingerprint density at radius 3 is 2.57 bits per heavy atom. The average Bonchev–Trinajstić information content (AvgIpc) is 2.45. The molecule has 0 aliphatic heterocycles. The minimum atomic E-state index is -0.854. The molecule has 0 radical (unpaired) electrons. The Hall–Kier alpha value is -1.20. The van der Waals surface area contributed by atoms with E-state index in [0.717, 1.165) is 11.3 Å². The zero-order chi connectivity index (χ0) is 15.7. The van der Waals surface area contributed by atoms with Crippen LogP contribution in [0.4, 0.5) is 0 Å². The zero-order valence-electron chi connectivity index (χ0n) is 12.0. The standard InChI is InChI=1S/C15H20ClNO3S/c1-2-3-11(15(19)20)10-17-14(18)8-9-21-13-6-4-12(16)5-7-13/h4-7,11H,2-3,8-10H2,1H3,(H,17,18)(H,19,20). The lowest BCUT2D eigenvalue weighted by Gasteiger charge is -2.12. The van der Waals surface area contributed by atoms with Crippen molar-refractivity contribution in [2.75, 3.05) is 12.3 Å². The SMILES string of the molecule is CCCC(CNC(=O)CCSc1ccc(Cl)cc1)C(=O)O. The number of carboxylic acids is 1. The maximum Gasteiger partial charge on any atom is 0.308 e. The molecule has 4 nitrogen and oxygen atoms in total. The third-order valence-corrected chi connectivity index (χ3v) is 4.21. The van der Waals surface area contributed by atoms with Gasteiger partial charge in [-0.15, -0.1) is 11.8 Å². The van der Waals surface area contributed by atoms with Gasteiger partial charge in [0.1, 0.15) is 0 Å². The Morgan fingerprint density at radius 2 is 2.00 bits per heavy atom. The molecule has 1 aromatic carbocycles. The summed E-state index contributed by atoms with van der Waals surface area (Å²) in [4.78, 5) is 23.7. The van der Waals surface area contributed by atoms with Crippen LogP contribution in [0.5, 0.6) is 0 Å². The van der Waals surface area contributed by atoms with Gasteiger partial charge in [-0.1, -0.05) is 24.9 Å². The Balaban J connectivity index is 2.24. The van der Waals surface area contributed by atoms with Crippen molar-refractivity contribution in [2.45, 2.75) is 31.1 Å². The molecule has 0 aromatic heterocycles. The van der Waals surface area contributed by atoms with Gasteiger partial charge in [-0.05, 0) is 30.7 Å². The van der Waals surface area contributed by atoms with Gasteiger partial charge in [-0.2, -0.15) is 0 Å². The van der Waals surface area contributed by atoms with Crippen molar-refractivity contribution in [1.29, 1.82) is 0 Å². The Labute approximate surface area is 134 Å². The number of carbonyl (C=O) groups excluding carboxylic acids is 1. The number of hydrogen-bond acceptors (Lipinski definition) is 3. The molecule has 1 aromatic rings. The summed E-state index contributed by atoms with van der Waals surface area (Å²) in [5.41, 5.74) is 0. The van der Waals surface area contributed by atoms with Crippen molar-refractivity contribution in [3.05, 3.63) is 29.3 Å². The van der Waals surface area contributed by atoms with Crippen LogP contribution in [0.2, 0.25) is 5.02 Å². The molecule has 0 heterocycles. The molecule has 0 aliphatic carbocycles. The second kappa shape index (κ2) is 9.68. The van der Waals surface area contributed by atoms with Crippen molar-refractivity contribution in [2.24, 2.45) is 5.92 Å². The summed E-state index contributed by atoms with van der Waals surface area (Å²) in [5, 5.41) is 12.4. The molecule has 0 fully saturated rings. The molecular weight excluding hydrogens is 310 g/mol. The number of hydrogen-bond donors (Lipinski definition) is 2. The summed E-state index contributed by atoms with van der Waals surface area (Å²) in [6.07, 6.45) is 1.74. The first-order valence-corrected chi connectivity index (χ1v) is 8.27. The highest BCUT2D eigenvalue weighted by molar-refractivity contribution is 7.99. The molecule has 0 aliphatic rings. The summed E-state index contributed by atoms with van der Waals surface area (Å²) < 4.78 is 0. The maximum absolute atomic E-state index is 11.7. The Kier molecular flexibility index (Phi) is 8.23. The summed E-state index contributed by atoms with van der Waals surface area (Å²) >= 11 is 7.37. The smallest absolute Gasteiger partial charge is 0.308 e. The van der Waals surface area contributed by atoms with E-state index in [4.69, 9.17) is 16.7 Å². The topological polar surface area (TPSA) is 66.4 Å². The quantitative estimate of drug-likeness (QED) is 0.681. The number of carboxylic acid groups (broad SMARTS) is 1. The Bertz CT molecular complexity index is 464. The summed E-state index contributed by atoms with van der Waals surface area (Å²) in [6, 6.07) is 7.44. The fourth-order valence-electron chi connectivity index (χ4n) is 1.78. The molecule has 1 atom stereocenters. The lowest BCUT2D eigenvalue weighted by molar-refractivity contribution is -0.141. The van der Waals surface area contributed by atoms with Gasteiger partial charge in [0.25, 0.3) is 0 Å². The van der Waals surface area contributed by atoms with E-state index in [0.29, 0.717) is 23.6 Å². The van der Waals surface area contributed by atoms with E-state index in [9.17, 15) is 9.59 Å². The van der Waals surface area contributed by atoms with Gasteiger partial charge in [0.15, 0.2) is 0 Å². The van der Waals surface area contributed by atoms with Crippen molar-refractivity contribution in [3.8, 4) is 0 Å². The fraction of sp³-hybridized carbons (Fsp3) is 0.467. The summed E-state index contributed by atoms with van der Waals surface area (Å²) in [7, 11) is 0. The normalized spacial score (nSPS) is 11.9. The second-order valence-corrected chi connectivity index (χ2v) is 6.29. The molecule has 1 unspecified atom stereocenters. The highest BCUT2D eigenvalue weighted by atomic mass is 35.5. The average molecular weight is 330 g/mol. The van der Waals surface area contributed by atoms with Gasteiger partial charge in [0.05, 0.1) is 5.92 Å². The number of carbonyl (C=O) groups is 2. The second-order valence-electron chi connectivity index (χ2n) is 4.68. The van der Waals surface area contributed by atoms with Gasteiger partial charge in [0.2, 0.25) is 5.91 Å². The molecule has 6 heteroatoms. The van der Waals surface area contributed by atoms with Crippen LogP contribution in [0.3, 0.4) is 0 Å². The van der Waals surface area contributed by atoms with E-state index < -0.39 is 11.9 Å². The van der Waals surface area contributed by atoms with Crippen molar-refractivity contribution >= 4 is 35.2 Å². The van der Waals surface area contributed by atoms with Crippen LogP contribution in [0.15, 0.2) is 29.2 Å². The molecule has 0 saturated carbocycles. The van der Waals surface area contributed by atoms with Crippen LogP contribution in [0.25, 0.3) is 0 Å². The van der Waals surface area contributed by atoms with Crippen LogP contribution in [-0.4, -0.2) is 29.3 Å². The van der Waals surface area contributed by atoms with Crippen LogP contribution in [-0.2, 0) is 9.59 Å². The first-order chi connectivity index (χ1) is 10.0. The van der Waals surface area contributed by atoms with Crippen LogP contribution in [0, 0.1) is 5.92 Å². The predicted octanol–water partition coefficient (Wildman–Crippen LogP) is 3.44. The molecule has 0 bridgehead atoms. The Morgan fingerprint density at radius 1 is 1.33 bits per heavy atom. The molecule has 116 valence electrons. The van der Waals surface area contributed by atoms with Gasteiger partial charge in [-0.3, -0.25) is 9.59 Å². The van der Waals surface area contributed by atoms with E-state index in [2.05, 4.69) is 5.32 Å². The lowest BCUT2D eigenvalue weighted by Crippen LogP contribution is -2.33. The van der Waals surface area contributed by atoms with Crippen molar-refractivity contribution in [1.82, 2.24) is 5.32 Å². The minimum Gasteiger partial charge on any atom is -0.481 e. The summed E-state index contributed by atoms with van der Waals surface area (Å²) in [5.74, 6) is -0.812. The van der Waals surface area contributed by atoms with Crippen LogP contribution < -0.4 is 5.32 Å². The molecule has 1 amide bonds. The van der Waals surface area contributed by atoms with Crippen LogP contribution >= 0.6 is 23.4 Å². The maximum atomic E-state index is 11.7. The predicted molar refractivity (Wildman–Crippen MR) is 85.8 cm³/mol. The van der Waals surface area contributed by atoms with Crippen LogP contribution in [0.1, 0.15) is 26.2 Å². The number of aliphatic carboxylic acids is 1. The molecule has 1 rings (SSSR count). The first kappa shape index (κ1) is 17.9. The monoisotopic (exact) mass is 329 g/mol. The molecule has 0 spiro atoms. The number of thioether (sulfide) groups is 1. The van der Waals surface area contributed by atoms with E-state index in [1.165, 1.54) is 0 Å². The fourth-order valence-corrected chi connectivity index (χ4v) is 2.76. The number of benzene rings is 1. The van der Waals surface area contributed by atoms with E-state index in [1.807, 2.05) is 31.2 Å².